The minimum Gasteiger partial charge on any atom is -0.309 e. The first-order valence-electron chi connectivity index (χ1n) is 10.1. The van der Waals surface area contributed by atoms with Crippen LogP contribution in [0.5, 0.6) is 0 Å². The van der Waals surface area contributed by atoms with Crippen LogP contribution < -0.4 is 5.56 Å². The van der Waals surface area contributed by atoms with Crippen LogP contribution in [0.4, 0.5) is 0 Å². The van der Waals surface area contributed by atoms with Gasteiger partial charge in [0.25, 0.3) is 5.56 Å². The number of fused-ring (bicyclic) bond motifs is 3. The molecule has 0 bridgehead atoms. The molecule has 0 aliphatic carbocycles. The molecule has 154 valence electrons. The van der Waals surface area contributed by atoms with Gasteiger partial charge in [-0.05, 0) is 42.7 Å². The number of rotatable bonds is 4. The lowest BCUT2D eigenvalue weighted by atomic mass is 10.0. The molecule has 7 heteroatoms. The molecule has 0 saturated carbocycles. The summed E-state index contributed by atoms with van der Waals surface area (Å²) in [4.78, 5) is 13.1. The van der Waals surface area contributed by atoms with E-state index in [1.54, 1.807) is 15.3 Å². The van der Waals surface area contributed by atoms with E-state index >= 15 is 0 Å². The van der Waals surface area contributed by atoms with Crippen LogP contribution in [0.25, 0.3) is 27.8 Å². The fourth-order valence-electron chi connectivity index (χ4n) is 3.80. The summed E-state index contributed by atoms with van der Waals surface area (Å²) in [7, 11) is 0. The molecule has 5 rings (SSSR count). The van der Waals surface area contributed by atoms with Gasteiger partial charge in [0, 0.05) is 11.2 Å². The average Bonchev–Trinajstić information content (AvgIpc) is 3.17. The second kappa shape index (κ2) is 7.63. The molecule has 0 aliphatic heterocycles. The van der Waals surface area contributed by atoms with E-state index in [2.05, 4.69) is 10.2 Å². The van der Waals surface area contributed by atoms with Crippen LogP contribution in [0.1, 0.15) is 23.7 Å². The number of nitrogens with zero attached hydrogens (tertiary/aromatic N) is 5. The molecule has 0 saturated heterocycles. The molecule has 3 aromatic heterocycles. The van der Waals surface area contributed by atoms with E-state index in [1.165, 1.54) is 5.56 Å². The number of pyridine rings is 1. The van der Waals surface area contributed by atoms with Crippen molar-refractivity contribution >= 4 is 28.3 Å². The summed E-state index contributed by atoms with van der Waals surface area (Å²) >= 11 is 6.06. The maximum atomic E-state index is 13.1. The van der Waals surface area contributed by atoms with Crippen LogP contribution in [-0.4, -0.2) is 24.4 Å². The lowest BCUT2D eigenvalue weighted by molar-refractivity contribution is 0.759. The summed E-state index contributed by atoms with van der Waals surface area (Å²) in [6, 6.07) is 17.6. The van der Waals surface area contributed by atoms with Gasteiger partial charge in [0.05, 0.1) is 17.8 Å². The van der Waals surface area contributed by atoms with E-state index in [0.29, 0.717) is 28.2 Å². The molecule has 0 N–H and O–H groups in total. The van der Waals surface area contributed by atoms with Crippen LogP contribution in [-0.2, 0) is 13.0 Å². The van der Waals surface area contributed by atoms with Gasteiger partial charge in [-0.1, -0.05) is 60.5 Å². The van der Waals surface area contributed by atoms with Crippen molar-refractivity contribution in [3.05, 3.63) is 93.0 Å². The molecule has 3 heterocycles. The number of aryl methyl sites for hydroxylation is 2. The summed E-state index contributed by atoms with van der Waals surface area (Å²) in [5.41, 5.74) is 6.41. The molecule has 0 unspecified atom stereocenters. The molecule has 0 aliphatic rings. The summed E-state index contributed by atoms with van der Waals surface area (Å²) in [5.74, 6) is 0. The van der Waals surface area contributed by atoms with Crippen LogP contribution in [0.15, 0.2) is 65.6 Å². The quantitative estimate of drug-likeness (QED) is 0.416. The number of hydrogen-bond donors (Lipinski definition) is 0. The predicted molar refractivity (Wildman–Crippen MR) is 123 cm³/mol. The highest BCUT2D eigenvalue weighted by atomic mass is 35.5. The largest absolute Gasteiger partial charge is 0.309 e. The molecule has 2 aromatic carbocycles. The molecule has 0 radical (unpaired) electrons. The fourth-order valence-corrected chi connectivity index (χ4v) is 3.93. The zero-order valence-corrected chi connectivity index (χ0v) is 18.0. The molecule has 5 aromatic rings. The van der Waals surface area contributed by atoms with Gasteiger partial charge in [-0.2, -0.15) is 5.10 Å². The fraction of sp³-hybridized carbons (Fsp3) is 0.167. The van der Waals surface area contributed by atoms with Gasteiger partial charge in [0.2, 0.25) is 0 Å². The first kappa shape index (κ1) is 19.5. The van der Waals surface area contributed by atoms with E-state index in [4.69, 9.17) is 16.7 Å². The van der Waals surface area contributed by atoms with E-state index in [9.17, 15) is 4.79 Å². The monoisotopic (exact) mass is 429 g/mol. The van der Waals surface area contributed by atoms with Crippen molar-refractivity contribution in [1.29, 1.82) is 0 Å². The van der Waals surface area contributed by atoms with Gasteiger partial charge in [0.15, 0.2) is 11.2 Å². The Bertz CT molecular complexity index is 1470. The van der Waals surface area contributed by atoms with Crippen LogP contribution >= 0.6 is 11.6 Å². The molecule has 6 nitrogen and oxygen atoms in total. The Hall–Kier alpha value is -3.51. The third kappa shape index (κ3) is 3.39. The lowest BCUT2D eigenvalue weighted by Gasteiger charge is -2.08. The Morgan fingerprint density at radius 1 is 0.968 bits per heavy atom. The summed E-state index contributed by atoms with van der Waals surface area (Å²) in [5, 5.41) is 14.1. The summed E-state index contributed by atoms with van der Waals surface area (Å²) in [6.07, 6.45) is 2.52. The molecule has 0 amide bonds. The number of benzene rings is 2. The second-order valence-electron chi connectivity index (χ2n) is 7.59. The Morgan fingerprint density at radius 2 is 1.71 bits per heavy atom. The Morgan fingerprint density at radius 3 is 2.42 bits per heavy atom. The van der Waals surface area contributed by atoms with Crippen molar-refractivity contribution < 1.29 is 0 Å². The Balaban J connectivity index is 1.67. The second-order valence-corrected chi connectivity index (χ2v) is 8.02. The van der Waals surface area contributed by atoms with Crippen molar-refractivity contribution in [2.45, 2.75) is 26.8 Å². The highest BCUT2D eigenvalue weighted by Crippen LogP contribution is 2.29. The third-order valence-corrected chi connectivity index (χ3v) is 5.72. The highest BCUT2D eigenvalue weighted by molar-refractivity contribution is 6.30. The smallest absolute Gasteiger partial charge is 0.280 e. The van der Waals surface area contributed by atoms with Gasteiger partial charge in [0.1, 0.15) is 5.52 Å². The Kier molecular flexibility index (Phi) is 4.79. The number of aromatic nitrogens is 5. The zero-order chi connectivity index (χ0) is 21.5. The van der Waals surface area contributed by atoms with Gasteiger partial charge in [-0.3, -0.25) is 4.79 Å². The zero-order valence-electron chi connectivity index (χ0n) is 17.2. The summed E-state index contributed by atoms with van der Waals surface area (Å²) in [6.45, 7) is 4.56. The van der Waals surface area contributed by atoms with Crippen molar-refractivity contribution in [2.24, 2.45) is 0 Å². The number of hydrogen-bond acceptors (Lipinski definition) is 4. The maximum Gasteiger partial charge on any atom is 0.280 e. The van der Waals surface area contributed by atoms with Crippen molar-refractivity contribution in [3.63, 3.8) is 0 Å². The van der Waals surface area contributed by atoms with Crippen molar-refractivity contribution in [1.82, 2.24) is 24.4 Å². The third-order valence-electron chi connectivity index (χ3n) is 5.47. The maximum absolute atomic E-state index is 13.1. The first-order chi connectivity index (χ1) is 15.0. The molecular weight excluding hydrogens is 410 g/mol. The minimum atomic E-state index is -0.186. The van der Waals surface area contributed by atoms with Crippen molar-refractivity contribution in [3.8, 4) is 11.1 Å². The molecular formula is C24H20ClN5O. The van der Waals surface area contributed by atoms with Gasteiger partial charge < -0.3 is 4.57 Å². The van der Waals surface area contributed by atoms with Crippen LogP contribution in [0, 0.1) is 6.92 Å². The predicted octanol–water partition coefficient (Wildman–Crippen LogP) is 4.68. The minimum absolute atomic E-state index is 0.186. The lowest BCUT2D eigenvalue weighted by Crippen LogP contribution is -2.22. The van der Waals surface area contributed by atoms with Crippen LogP contribution in [0.2, 0.25) is 5.02 Å². The van der Waals surface area contributed by atoms with Crippen LogP contribution in [0.3, 0.4) is 0 Å². The van der Waals surface area contributed by atoms with E-state index in [1.807, 2.05) is 68.4 Å². The summed E-state index contributed by atoms with van der Waals surface area (Å²) < 4.78 is 3.38. The molecule has 0 fully saturated rings. The van der Waals surface area contributed by atoms with E-state index in [0.717, 1.165) is 28.8 Å². The topological polar surface area (TPSA) is 65.1 Å². The van der Waals surface area contributed by atoms with Gasteiger partial charge in [-0.15, -0.1) is 10.2 Å². The molecule has 0 spiro atoms. The van der Waals surface area contributed by atoms with Gasteiger partial charge in [-0.25, -0.2) is 4.52 Å². The van der Waals surface area contributed by atoms with Crippen molar-refractivity contribution in [2.75, 3.05) is 0 Å². The first-order valence-corrected chi connectivity index (χ1v) is 10.5. The average molecular weight is 430 g/mol. The standard InChI is InChI=1S/C24H20ClN5O/c1-3-19-21(17-8-10-18(25)11-9-17)23-27-26-22-20(30(23)28-19)12-13-29(24(22)31)14-16-6-4-15(2)5-7-16/h4-13H,3,14H2,1-2H3. The van der Waals surface area contributed by atoms with Gasteiger partial charge >= 0.3 is 0 Å². The van der Waals surface area contributed by atoms with E-state index < -0.39 is 0 Å². The normalized spacial score (nSPS) is 11.5. The van der Waals surface area contributed by atoms with E-state index in [-0.39, 0.29) is 5.56 Å². The Labute approximate surface area is 183 Å². The number of halogens is 1. The highest BCUT2D eigenvalue weighted by Gasteiger charge is 2.18. The molecule has 0 atom stereocenters. The SMILES string of the molecule is CCc1nn2c(nnc3c(=O)n(Cc4ccc(C)cc4)ccc32)c1-c1ccc(Cl)cc1. The molecule has 31 heavy (non-hydrogen) atoms.